The minimum atomic E-state index is 0.709. The topological polar surface area (TPSA) is 67.1 Å². The zero-order chi connectivity index (χ0) is 15.9. The normalized spacial score (nSPS) is 11.4. The molecular formula is C16H18N6S. The largest absolute Gasteiger partial charge is 0.352 e. The highest BCUT2D eigenvalue weighted by molar-refractivity contribution is 7.07. The van der Waals surface area contributed by atoms with Crippen LogP contribution in [0.5, 0.6) is 0 Å². The van der Waals surface area contributed by atoms with Gasteiger partial charge in [0.15, 0.2) is 5.96 Å². The Balaban J connectivity index is 1.52. The predicted octanol–water partition coefficient (Wildman–Crippen LogP) is 2.19. The third-order valence-electron chi connectivity index (χ3n) is 3.34. The monoisotopic (exact) mass is 326 g/mol. The van der Waals surface area contributed by atoms with Gasteiger partial charge >= 0.3 is 0 Å². The molecule has 6 nitrogen and oxygen atoms in total. The number of aromatic nitrogens is 3. The number of hydrogen-bond donors (Lipinski definition) is 2. The lowest BCUT2D eigenvalue weighted by Crippen LogP contribution is -2.36. The average molecular weight is 326 g/mol. The molecule has 0 aliphatic rings. The SMILES string of the molecule is CN=C(NCc1ccc(-n2cncn2)cc1)NCc1ccsc1. The second kappa shape index (κ2) is 7.55. The fourth-order valence-electron chi connectivity index (χ4n) is 2.09. The number of benzene rings is 1. The molecule has 0 spiro atoms. The van der Waals surface area contributed by atoms with Crippen molar-refractivity contribution in [2.24, 2.45) is 4.99 Å². The summed E-state index contributed by atoms with van der Waals surface area (Å²) in [5, 5.41) is 14.9. The van der Waals surface area contributed by atoms with Crippen LogP contribution in [0.15, 0.2) is 58.7 Å². The van der Waals surface area contributed by atoms with Gasteiger partial charge in [0.2, 0.25) is 0 Å². The molecule has 2 aromatic heterocycles. The molecule has 0 atom stereocenters. The van der Waals surface area contributed by atoms with E-state index in [1.165, 1.54) is 17.5 Å². The summed E-state index contributed by atoms with van der Waals surface area (Å²) < 4.78 is 1.73. The number of nitrogens with zero attached hydrogens (tertiary/aromatic N) is 4. The quantitative estimate of drug-likeness (QED) is 0.557. The van der Waals surface area contributed by atoms with Crippen LogP contribution >= 0.6 is 11.3 Å². The van der Waals surface area contributed by atoms with E-state index in [9.17, 15) is 0 Å². The minimum absolute atomic E-state index is 0.709. The highest BCUT2D eigenvalue weighted by atomic mass is 32.1. The molecular weight excluding hydrogens is 308 g/mol. The summed E-state index contributed by atoms with van der Waals surface area (Å²) in [5.41, 5.74) is 3.42. The van der Waals surface area contributed by atoms with Crippen molar-refractivity contribution < 1.29 is 0 Å². The molecule has 0 aliphatic heterocycles. The first-order valence-electron chi connectivity index (χ1n) is 7.24. The standard InChI is InChI=1S/C16H18N6S/c1-17-16(20-9-14-6-7-23-10-14)19-8-13-2-4-15(5-3-13)22-12-18-11-21-22/h2-7,10-12H,8-9H2,1H3,(H2,17,19,20). The summed E-state index contributed by atoms with van der Waals surface area (Å²) in [4.78, 5) is 8.19. The molecule has 3 aromatic rings. The van der Waals surface area contributed by atoms with Crippen LogP contribution in [0.25, 0.3) is 5.69 Å². The van der Waals surface area contributed by atoms with Crippen LogP contribution in [-0.2, 0) is 13.1 Å². The number of hydrogen-bond acceptors (Lipinski definition) is 4. The van der Waals surface area contributed by atoms with Crippen molar-refractivity contribution in [3.63, 3.8) is 0 Å². The summed E-state index contributed by atoms with van der Waals surface area (Å²) >= 11 is 1.70. The molecule has 0 amide bonds. The summed E-state index contributed by atoms with van der Waals surface area (Å²) in [6.07, 6.45) is 3.21. The Kier molecular flexibility index (Phi) is 5.00. The van der Waals surface area contributed by atoms with Crippen LogP contribution in [-0.4, -0.2) is 27.8 Å². The molecule has 23 heavy (non-hydrogen) atoms. The van der Waals surface area contributed by atoms with E-state index >= 15 is 0 Å². The number of rotatable bonds is 5. The van der Waals surface area contributed by atoms with Crippen LogP contribution in [0.3, 0.4) is 0 Å². The summed E-state index contributed by atoms with van der Waals surface area (Å²) in [6, 6.07) is 10.3. The molecule has 0 radical (unpaired) electrons. The van der Waals surface area contributed by atoms with E-state index in [-0.39, 0.29) is 0 Å². The van der Waals surface area contributed by atoms with Gasteiger partial charge < -0.3 is 10.6 Å². The molecule has 2 heterocycles. The summed E-state index contributed by atoms with van der Waals surface area (Å²) in [7, 11) is 1.77. The van der Waals surface area contributed by atoms with E-state index in [1.807, 2.05) is 12.1 Å². The maximum atomic E-state index is 4.24. The lowest BCUT2D eigenvalue weighted by atomic mass is 10.2. The van der Waals surface area contributed by atoms with Crippen molar-refractivity contribution >= 4 is 17.3 Å². The third-order valence-corrected chi connectivity index (χ3v) is 4.08. The average Bonchev–Trinajstić information content (AvgIpc) is 3.29. The Morgan fingerprint density at radius 2 is 1.91 bits per heavy atom. The minimum Gasteiger partial charge on any atom is -0.352 e. The highest BCUT2D eigenvalue weighted by Gasteiger charge is 2.01. The Hall–Kier alpha value is -2.67. The van der Waals surface area contributed by atoms with E-state index in [4.69, 9.17) is 0 Å². The van der Waals surface area contributed by atoms with Crippen LogP contribution < -0.4 is 10.6 Å². The molecule has 0 saturated carbocycles. The lowest BCUT2D eigenvalue weighted by molar-refractivity contribution is 0.809. The van der Waals surface area contributed by atoms with Crippen LogP contribution in [0.2, 0.25) is 0 Å². The number of aliphatic imine (C=N–C) groups is 1. The van der Waals surface area contributed by atoms with Gasteiger partial charge in [0.25, 0.3) is 0 Å². The van der Waals surface area contributed by atoms with Crippen molar-refractivity contribution in [1.82, 2.24) is 25.4 Å². The summed E-state index contributed by atoms with van der Waals surface area (Å²) in [5.74, 6) is 0.788. The maximum Gasteiger partial charge on any atom is 0.191 e. The number of guanidine groups is 1. The van der Waals surface area contributed by atoms with Crippen molar-refractivity contribution in [2.75, 3.05) is 7.05 Å². The molecule has 3 rings (SSSR count). The maximum absolute atomic E-state index is 4.24. The van der Waals surface area contributed by atoms with Gasteiger partial charge in [-0.05, 0) is 40.1 Å². The second-order valence-corrected chi connectivity index (χ2v) is 5.70. The number of nitrogens with one attached hydrogen (secondary N) is 2. The Labute approximate surface area is 138 Å². The van der Waals surface area contributed by atoms with E-state index in [0.29, 0.717) is 6.54 Å². The van der Waals surface area contributed by atoms with Gasteiger partial charge in [-0.2, -0.15) is 16.4 Å². The van der Waals surface area contributed by atoms with Gasteiger partial charge in [-0.15, -0.1) is 0 Å². The Morgan fingerprint density at radius 3 is 2.52 bits per heavy atom. The van der Waals surface area contributed by atoms with Gasteiger partial charge in [0.05, 0.1) is 5.69 Å². The fraction of sp³-hybridized carbons (Fsp3) is 0.188. The van der Waals surface area contributed by atoms with Crippen molar-refractivity contribution in [3.8, 4) is 5.69 Å². The molecule has 118 valence electrons. The second-order valence-electron chi connectivity index (χ2n) is 4.92. The van der Waals surface area contributed by atoms with Crippen molar-refractivity contribution in [1.29, 1.82) is 0 Å². The molecule has 1 aromatic carbocycles. The van der Waals surface area contributed by atoms with E-state index in [0.717, 1.165) is 18.2 Å². The van der Waals surface area contributed by atoms with E-state index in [1.54, 1.807) is 29.4 Å². The molecule has 0 fully saturated rings. The first-order chi connectivity index (χ1) is 11.3. The zero-order valence-corrected chi connectivity index (χ0v) is 13.6. The zero-order valence-electron chi connectivity index (χ0n) is 12.8. The van der Waals surface area contributed by atoms with E-state index < -0.39 is 0 Å². The smallest absolute Gasteiger partial charge is 0.191 e. The van der Waals surface area contributed by atoms with Gasteiger partial charge in [-0.1, -0.05) is 12.1 Å². The van der Waals surface area contributed by atoms with Crippen molar-refractivity contribution in [2.45, 2.75) is 13.1 Å². The molecule has 0 unspecified atom stereocenters. The third kappa shape index (κ3) is 4.17. The molecule has 0 aliphatic carbocycles. The lowest BCUT2D eigenvalue weighted by Gasteiger charge is -2.11. The van der Waals surface area contributed by atoms with E-state index in [2.05, 4.69) is 54.7 Å². The number of thiophene rings is 1. The Bertz CT molecular complexity index is 731. The van der Waals surface area contributed by atoms with Crippen LogP contribution in [0, 0.1) is 0 Å². The first-order valence-corrected chi connectivity index (χ1v) is 8.19. The first kappa shape index (κ1) is 15.2. The van der Waals surface area contributed by atoms with Crippen LogP contribution in [0.1, 0.15) is 11.1 Å². The highest BCUT2D eigenvalue weighted by Crippen LogP contribution is 2.08. The fourth-order valence-corrected chi connectivity index (χ4v) is 2.76. The predicted molar refractivity (Wildman–Crippen MR) is 92.7 cm³/mol. The van der Waals surface area contributed by atoms with Gasteiger partial charge in [-0.3, -0.25) is 4.99 Å². The van der Waals surface area contributed by atoms with Gasteiger partial charge in [-0.25, -0.2) is 9.67 Å². The Morgan fingerprint density at radius 1 is 1.13 bits per heavy atom. The van der Waals surface area contributed by atoms with Crippen LogP contribution in [0.4, 0.5) is 0 Å². The molecule has 0 bridgehead atoms. The van der Waals surface area contributed by atoms with Gasteiger partial charge in [0, 0.05) is 20.1 Å². The molecule has 2 N–H and O–H groups in total. The van der Waals surface area contributed by atoms with Crippen molar-refractivity contribution in [3.05, 3.63) is 64.9 Å². The molecule has 0 saturated heterocycles. The van der Waals surface area contributed by atoms with Gasteiger partial charge in [0.1, 0.15) is 12.7 Å². The summed E-state index contributed by atoms with van der Waals surface area (Å²) in [6.45, 7) is 1.48. The molecule has 7 heteroatoms.